The van der Waals surface area contributed by atoms with Crippen LogP contribution in [0.3, 0.4) is 0 Å². The lowest BCUT2D eigenvalue weighted by Crippen LogP contribution is -2.43. The van der Waals surface area contributed by atoms with Gasteiger partial charge in [0.25, 0.3) is 0 Å². The van der Waals surface area contributed by atoms with Crippen molar-refractivity contribution in [3.05, 3.63) is 35.9 Å². The third kappa shape index (κ3) is 3.13. The number of benzene rings is 1. The van der Waals surface area contributed by atoms with E-state index in [0.29, 0.717) is 12.8 Å². The Balaban J connectivity index is 1.95. The van der Waals surface area contributed by atoms with E-state index in [1.807, 2.05) is 44.2 Å². The standard InChI is InChI=1S/C15H19NO3/c1-11(2)16-13(8-9-14(16)17)15(18)19-10-12-6-4-3-5-7-12/h3-7,11,13H,8-10H2,1-2H3. The number of amides is 1. The third-order valence-corrected chi connectivity index (χ3v) is 3.31. The lowest BCUT2D eigenvalue weighted by Gasteiger charge is -2.27. The molecule has 1 aliphatic heterocycles. The Hall–Kier alpha value is -1.84. The van der Waals surface area contributed by atoms with Crippen molar-refractivity contribution in [2.75, 3.05) is 0 Å². The number of carbonyl (C=O) groups is 2. The molecule has 0 aliphatic carbocycles. The molecular formula is C15H19NO3. The molecule has 1 unspecified atom stereocenters. The maximum absolute atomic E-state index is 12.1. The summed E-state index contributed by atoms with van der Waals surface area (Å²) < 4.78 is 5.31. The predicted octanol–water partition coefficient (Wildman–Crippen LogP) is 2.13. The molecule has 1 atom stereocenters. The molecular weight excluding hydrogens is 242 g/mol. The van der Waals surface area contributed by atoms with Crippen molar-refractivity contribution in [3.63, 3.8) is 0 Å². The lowest BCUT2D eigenvalue weighted by molar-refractivity contribution is -0.154. The highest BCUT2D eigenvalue weighted by molar-refractivity contribution is 5.88. The van der Waals surface area contributed by atoms with Crippen molar-refractivity contribution >= 4 is 11.9 Å². The quantitative estimate of drug-likeness (QED) is 0.780. The average molecular weight is 261 g/mol. The molecule has 0 aromatic heterocycles. The van der Waals surface area contributed by atoms with Crippen LogP contribution in [0.2, 0.25) is 0 Å². The van der Waals surface area contributed by atoms with E-state index in [0.717, 1.165) is 5.56 Å². The van der Waals surface area contributed by atoms with Crippen LogP contribution in [-0.2, 0) is 20.9 Å². The van der Waals surface area contributed by atoms with Crippen molar-refractivity contribution < 1.29 is 14.3 Å². The second-order valence-corrected chi connectivity index (χ2v) is 5.04. The molecule has 1 aliphatic rings. The van der Waals surface area contributed by atoms with Crippen molar-refractivity contribution in [3.8, 4) is 0 Å². The summed E-state index contributed by atoms with van der Waals surface area (Å²) in [4.78, 5) is 25.4. The zero-order valence-corrected chi connectivity index (χ0v) is 11.3. The number of hydrogen-bond acceptors (Lipinski definition) is 3. The van der Waals surface area contributed by atoms with Gasteiger partial charge in [0, 0.05) is 12.5 Å². The molecule has 4 nitrogen and oxygen atoms in total. The summed E-state index contributed by atoms with van der Waals surface area (Å²) in [7, 11) is 0. The Kier molecular flexibility index (Phi) is 4.20. The number of likely N-dealkylation sites (tertiary alicyclic amines) is 1. The van der Waals surface area contributed by atoms with E-state index >= 15 is 0 Å². The van der Waals surface area contributed by atoms with Crippen molar-refractivity contribution in [2.24, 2.45) is 0 Å². The molecule has 0 radical (unpaired) electrons. The lowest BCUT2D eigenvalue weighted by atomic mass is 10.2. The van der Waals surface area contributed by atoms with E-state index in [1.54, 1.807) is 4.90 Å². The maximum Gasteiger partial charge on any atom is 0.329 e. The molecule has 1 amide bonds. The first-order valence-electron chi connectivity index (χ1n) is 6.61. The zero-order valence-electron chi connectivity index (χ0n) is 11.3. The highest BCUT2D eigenvalue weighted by Crippen LogP contribution is 2.22. The molecule has 1 saturated heterocycles. The van der Waals surface area contributed by atoms with E-state index in [4.69, 9.17) is 4.74 Å². The second-order valence-electron chi connectivity index (χ2n) is 5.04. The van der Waals surface area contributed by atoms with Gasteiger partial charge >= 0.3 is 5.97 Å². The fourth-order valence-electron chi connectivity index (χ4n) is 2.41. The minimum atomic E-state index is -0.420. The number of nitrogens with zero attached hydrogens (tertiary/aromatic N) is 1. The summed E-state index contributed by atoms with van der Waals surface area (Å²) in [5, 5.41) is 0. The molecule has 2 rings (SSSR count). The smallest absolute Gasteiger partial charge is 0.329 e. The van der Waals surface area contributed by atoms with Crippen LogP contribution in [0.5, 0.6) is 0 Å². The zero-order chi connectivity index (χ0) is 13.8. The summed E-state index contributed by atoms with van der Waals surface area (Å²) in [6.07, 6.45) is 0.994. The highest BCUT2D eigenvalue weighted by atomic mass is 16.5. The topological polar surface area (TPSA) is 46.6 Å². The third-order valence-electron chi connectivity index (χ3n) is 3.31. The Labute approximate surface area is 113 Å². The maximum atomic E-state index is 12.1. The summed E-state index contributed by atoms with van der Waals surface area (Å²) in [6, 6.07) is 9.16. The predicted molar refractivity (Wildman–Crippen MR) is 71.2 cm³/mol. The van der Waals surface area contributed by atoms with E-state index < -0.39 is 6.04 Å². The Morgan fingerprint density at radius 1 is 1.37 bits per heavy atom. The van der Waals surface area contributed by atoms with Crippen LogP contribution in [0, 0.1) is 0 Å². The van der Waals surface area contributed by atoms with Gasteiger partial charge in [-0.3, -0.25) is 4.79 Å². The van der Waals surface area contributed by atoms with Crippen molar-refractivity contribution in [1.29, 1.82) is 0 Å². The molecule has 0 saturated carbocycles. The molecule has 0 spiro atoms. The molecule has 102 valence electrons. The SMILES string of the molecule is CC(C)N1C(=O)CCC1C(=O)OCc1ccccc1. The fourth-order valence-corrected chi connectivity index (χ4v) is 2.41. The van der Waals surface area contributed by atoms with Crippen LogP contribution in [0.15, 0.2) is 30.3 Å². The summed E-state index contributed by atoms with van der Waals surface area (Å²) >= 11 is 0. The molecule has 19 heavy (non-hydrogen) atoms. The fraction of sp³-hybridized carbons (Fsp3) is 0.467. The van der Waals surface area contributed by atoms with Gasteiger partial charge in [0.1, 0.15) is 12.6 Å². The highest BCUT2D eigenvalue weighted by Gasteiger charge is 2.38. The summed E-state index contributed by atoms with van der Waals surface area (Å²) in [6.45, 7) is 4.09. The minimum Gasteiger partial charge on any atom is -0.459 e. The molecule has 1 fully saturated rings. The van der Waals surface area contributed by atoms with Gasteiger partial charge < -0.3 is 9.64 Å². The van der Waals surface area contributed by atoms with E-state index in [-0.39, 0.29) is 24.5 Å². The molecule has 0 N–H and O–H groups in total. The molecule has 1 heterocycles. The summed E-state index contributed by atoms with van der Waals surface area (Å²) in [5.41, 5.74) is 0.955. The molecule has 1 aromatic carbocycles. The summed E-state index contributed by atoms with van der Waals surface area (Å²) in [5.74, 6) is -0.264. The van der Waals surface area contributed by atoms with Crippen LogP contribution in [-0.4, -0.2) is 28.9 Å². The molecule has 0 bridgehead atoms. The van der Waals surface area contributed by atoms with Gasteiger partial charge in [-0.1, -0.05) is 30.3 Å². The average Bonchev–Trinajstić information content (AvgIpc) is 2.79. The second kappa shape index (κ2) is 5.87. The first-order chi connectivity index (χ1) is 9.09. The van der Waals surface area contributed by atoms with Gasteiger partial charge in [-0.2, -0.15) is 0 Å². The number of esters is 1. The van der Waals surface area contributed by atoms with E-state index in [1.165, 1.54) is 0 Å². The first-order valence-corrected chi connectivity index (χ1v) is 6.61. The first kappa shape index (κ1) is 13.6. The van der Waals surface area contributed by atoms with Crippen LogP contribution in [0.4, 0.5) is 0 Å². The van der Waals surface area contributed by atoms with Crippen LogP contribution < -0.4 is 0 Å². The molecule has 1 aromatic rings. The van der Waals surface area contributed by atoms with Gasteiger partial charge in [-0.05, 0) is 25.8 Å². The number of hydrogen-bond donors (Lipinski definition) is 0. The monoisotopic (exact) mass is 261 g/mol. The minimum absolute atomic E-state index is 0.0317. The number of ether oxygens (including phenoxy) is 1. The van der Waals surface area contributed by atoms with Gasteiger partial charge in [0.15, 0.2) is 0 Å². The van der Waals surface area contributed by atoms with Crippen LogP contribution in [0.25, 0.3) is 0 Å². The van der Waals surface area contributed by atoms with Crippen molar-refractivity contribution in [2.45, 2.75) is 45.4 Å². The Bertz CT molecular complexity index is 456. The van der Waals surface area contributed by atoms with Gasteiger partial charge in [0.2, 0.25) is 5.91 Å². The van der Waals surface area contributed by atoms with Gasteiger partial charge in [-0.25, -0.2) is 4.79 Å². The molecule has 4 heteroatoms. The number of carbonyl (C=O) groups excluding carboxylic acids is 2. The number of rotatable bonds is 4. The Morgan fingerprint density at radius 2 is 2.05 bits per heavy atom. The normalized spacial score (nSPS) is 19.0. The van der Waals surface area contributed by atoms with Crippen LogP contribution in [0.1, 0.15) is 32.3 Å². The Morgan fingerprint density at radius 3 is 2.68 bits per heavy atom. The van der Waals surface area contributed by atoms with Crippen LogP contribution >= 0.6 is 0 Å². The van der Waals surface area contributed by atoms with Gasteiger partial charge in [-0.15, -0.1) is 0 Å². The van der Waals surface area contributed by atoms with E-state index in [9.17, 15) is 9.59 Å². The largest absolute Gasteiger partial charge is 0.459 e. The van der Waals surface area contributed by atoms with E-state index in [2.05, 4.69) is 0 Å². The van der Waals surface area contributed by atoms with Gasteiger partial charge in [0.05, 0.1) is 0 Å². The van der Waals surface area contributed by atoms with Crippen molar-refractivity contribution in [1.82, 2.24) is 4.90 Å².